The first kappa shape index (κ1) is 19.4. The fraction of sp³-hybridized carbons (Fsp3) is 0.304. The number of amides is 1. The summed E-state index contributed by atoms with van der Waals surface area (Å²) in [6.45, 7) is 6.41. The molecule has 29 heavy (non-hydrogen) atoms. The smallest absolute Gasteiger partial charge is 0.264 e. The number of hydrogen-bond donors (Lipinski definition) is 0. The van der Waals surface area contributed by atoms with Gasteiger partial charge in [-0.2, -0.15) is 0 Å². The van der Waals surface area contributed by atoms with Gasteiger partial charge in [-0.3, -0.25) is 9.69 Å². The van der Waals surface area contributed by atoms with Gasteiger partial charge >= 0.3 is 0 Å². The Labute approximate surface area is 170 Å². The first-order valence-electron chi connectivity index (χ1n) is 9.93. The summed E-state index contributed by atoms with van der Waals surface area (Å²) in [5.74, 6) is 0.434. The van der Waals surface area contributed by atoms with E-state index in [2.05, 4.69) is 10.1 Å². The molecule has 1 saturated heterocycles. The topological polar surface area (TPSA) is 58.8 Å². The van der Waals surface area contributed by atoms with Crippen LogP contribution >= 0.6 is 0 Å². The zero-order valence-electron chi connectivity index (χ0n) is 16.6. The van der Waals surface area contributed by atoms with Crippen LogP contribution in [-0.2, 0) is 4.74 Å². The number of carbonyl (C=O) groups is 1. The number of anilines is 1. The highest BCUT2D eigenvalue weighted by Crippen LogP contribution is 2.28. The van der Waals surface area contributed by atoms with Gasteiger partial charge in [0, 0.05) is 37.4 Å². The van der Waals surface area contributed by atoms with Gasteiger partial charge in [0.2, 0.25) is 0 Å². The van der Waals surface area contributed by atoms with Crippen molar-refractivity contribution in [3.8, 4) is 11.3 Å². The summed E-state index contributed by atoms with van der Waals surface area (Å²) >= 11 is 0. The predicted octanol–water partition coefficient (Wildman–Crippen LogP) is 3.63. The fourth-order valence-corrected chi connectivity index (χ4v) is 3.57. The number of rotatable bonds is 6. The molecule has 0 N–H and O–H groups in total. The van der Waals surface area contributed by atoms with Gasteiger partial charge in [-0.1, -0.05) is 53.7 Å². The highest BCUT2D eigenvalue weighted by Gasteiger charge is 2.27. The predicted molar refractivity (Wildman–Crippen MR) is 112 cm³/mol. The van der Waals surface area contributed by atoms with Gasteiger partial charge in [0.1, 0.15) is 17.0 Å². The average molecular weight is 391 g/mol. The minimum Gasteiger partial charge on any atom is -0.379 e. The molecule has 150 valence electrons. The van der Waals surface area contributed by atoms with Crippen molar-refractivity contribution in [2.45, 2.75) is 6.92 Å². The number of para-hydroxylation sites is 1. The van der Waals surface area contributed by atoms with Crippen molar-refractivity contribution in [1.29, 1.82) is 0 Å². The van der Waals surface area contributed by atoms with Gasteiger partial charge in [0.25, 0.3) is 5.91 Å². The molecule has 0 atom stereocenters. The highest BCUT2D eigenvalue weighted by molar-refractivity contribution is 6.10. The van der Waals surface area contributed by atoms with Crippen LogP contribution in [-0.4, -0.2) is 55.4 Å². The molecule has 1 fully saturated rings. The first-order valence-corrected chi connectivity index (χ1v) is 9.93. The Morgan fingerprint density at radius 2 is 1.69 bits per heavy atom. The molecule has 0 saturated carbocycles. The summed E-state index contributed by atoms with van der Waals surface area (Å²) < 4.78 is 10.9. The summed E-state index contributed by atoms with van der Waals surface area (Å²) in [5.41, 5.74) is 2.83. The summed E-state index contributed by atoms with van der Waals surface area (Å²) in [5, 5.41) is 4.18. The Hall–Kier alpha value is -2.96. The van der Waals surface area contributed by atoms with Crippen LogP contribution in [0.4, 0.5) is 5.69 Å². The Morgan fingerprint density at radius 3 is 2.38 bits per heavy atom. The van der Waals surface area contributed by atoms with Crippen LogP contribution in [0.15, 0.2) is 65.2 Å². The van der Waals surface area contributed by atoms with Crippen LogP contribution in [0.25, 0.3) is 11.3 Å². The minimum absolute atomic E-state index is 0.0953. The molecule has 3 aromatic rings. The zero-order chi connectivity index (χ0) is 20.1. The monoisotopic (exact) mass is 391 g/mol. The Balaban J connectivity index is 1.64. The third-order valence-electron chi connectivity index (χ3n) is 5.18. The molecule has 1 amide bonds. The van der Waals surface area contributed by atoms with Crippen molar-refractivity contribution in [3.63, 3.8) is 0 Å². The van der Waals surface area contributed by atoms with Crippen molar-refractivity contribution in [2.75, 3.05) is 44.3 Å². The number of ether oxygens (including phenoxy) is 1. The molecule has 1 aromatic heterocycles. The maximum absolute atomic E-state index is 13.7. The van der Waals surface area contributed by atoms with Crippen molar-refractivity contribution in [1.82, 2.24) is 10.1 Å². The summed E-state index contributed by atoms with van der Waals surface area (Å²) in [6.07, 6.45) is 0. The van der Waals surface area contributed by atoms with Gasteiger partial charge in [0.05, 0.1) is 13.2 Å². The Kier molecular flexibility index (Phi) is 6.03. The second kappa shape index (κ2) is 9.03. The molecule has 6 heteroatoms. The van der Waals surface area contributed by atoms with Crippen LogP contribution < -0.4 is 4.90 Å². The molecule has 2 aromatic carbocycles. The molecule has 0 unspecified atom stereocenters. The van der Waals surface area contributed by atoms with Crippen LogP contribution in [0.1, 0.15) is 16.1 Å². The van der Waals surface area contributed by atoms with Crippen molar-refractivity contribution >= 4 is 11.6 Å². The van der Waals surface area contributed by atoms with E-state index in [0.717, 1.165) is 44.1 Å². The quantitative estimate of drug-likeness (QED) is 0.642. The zero-order valence-corrected chi connectivity index (χ0v) is 16.6. The van der Waals surface area contributed by atoms with E-state index in [4.69, 9.17) is 9.26 Å². The number of hydrogen-bond acceptors (Lipinski definition) is 5. The molecule has 0 bridgehead atoms. The SMILES string of the molecule is Cc1onc(-c2ccccc2)c1C(=O)N(CCN1CCOCC1)c1ccccc1. The van der Waals surface area contributed by atoms with Gasteiger partial charge in [-0.25, -0.2) is 0 Å². The number of morpholine rings is 1. The second-order valence-corrected chi connectivity index (χ2v) is 7.07. The Morgan fingerprint density at radius 1 is 1.03 bits per heavy atom. The molecule has 1 aliphatic heterocycles. The molecule has 0 spiro atoms. The lowest BCUT2D eigenvalue weighted by molar-refractivity contribution is 0.0391. The number of aromatic nitrogens is 1. The number of nitrogens with zero attached hydrogens (tertiary/aromatic N) is 3. The molecular formula is C23H25N3O3. The number of benzene rings is 2. The van der Waals surface area contributed by atoms with Crippen molar-refractivity contribution < 1.29 is 14.1 Å². The van der Waals surface area contributed by atoms with E-state index in [0.29, 0.717) is 23.6 Å². The third-order valence-corrected chi connectivity index (χ3v) is 5.18. The average Bonchev–Trinajstić information content (AvgIpc) is 3.17. The van der Waals surface area contributed by atoms with Crippen LogP contribution in [0, 0.1) is 6.92 Å². The molecule has 4 rings (SSSR count). The highest BCUT2D eigenvalue weighted by atomic mass is 16.5. The summed E-state index contributed by atoms with van der Waals surface area (Å²) in [7, 11) is 0. The van der Waals surface area contributed by atoms with Gasteiger partial charge in [-0.05, 0) is 19.1 Å². The largest absolute Gasteiger partial charge is 0.379 e. The van der Waals surface area contributed by atoms with Crippen LogP contribution in [0.5, 0.6) is 0 Å². The van der Waals surface area contributed by atoms with Crippen LogP contribution in [0.3, 0.4) is 0 Å². The maximum atomic E-state index is 13.7. The molecule has 0 radical (unpaired) electrons. The molecule has 1 aliphatic rings. The van der Waals surface area contributed by atoms with E-state index in [9.17, 15) is 4.79 Å². The molecule has 0 aliphatic carbocycles. The minimum atomic E-state index is -0.0953. The second-order valence-electron chi connectivity index (χ2n) is 7.07. The van der Waals surface area contributed by atoms with Gasteiger partial charge < -0.3 is 14.2 Å². The lowest BCUT2D eigenvalue weighted by Crippen LogP contribution is -2.43. The number of aryl methyl sites for hydroxylation is 1. The van der Waals surface area contributed by atoms with Crippen molar-refractivity contribution in [3.05, 3.63) is 72.0 Å². The third kappa shape index (κ3) is 4.39. The Bertz CT molecular complexity index is 935. The summed E-state index contributed by atoms with van der Waals surface area (Å²) in [4.78, 5) is 17.8. The molecular weight excluding hydrogens is 366 g/mol. The normalized spacial score (nSPS) is 14.7. The van der Waals surface area contributed by atoms with Crippen molar-refractivity contribution in [2.24, 2.45) is 0 Å². The fourth-order valence-electron chi connectivity index (χ4n) is 3.57. The molecule has 6 nitrogen and oxygen atoms in total. The van der Waals surface area contributed by atoms with E-state index in [1.54, 1.807) is 6.92 Å². The standard InChI is InChI=1S/C23H25N3O3/c1-18-21(22(24-29-18)19-8-4-2-5-9-19)23(27)26(20-10-6-3-7-11-20)13-12-25-14-16-28-17-15-25/h2-11H,12-17H2,1H3. The van der Waals surface area contributed by atoms with E-state index in [1.165, 1.54) is 0 Å². The molecule has 2 heterocycles. The van der Waals surface area contributed by atoms with E-state index < -0.39 is 0 Å². The lowest BCUT2D eigenvalue weighted by atomic mass is 10.0. The maximum Gasteiger partial charge on any atom is 0.264 e. The van der Waals surface area contributed by atoms with Gasteiger partial charge in [0.15, 0.2) is 0 Å². The van der Waals surface area contributed by atoms with Crippen LogP contribution in [0.2, 0.25) is 0 Å². The number of carbonyl (C=O) groups excluding carboxylic acids is 1. The van der Waals surface area contributed by atoms with E-state index in [-0.39, 0.29) is 5.91 Å². The first-order chi connectivity index (χ1) is 14.2. The van der Waals surface area contributed by atoms with E-state index >= 15 is 0 Å². The lowest BCUT2D eigenvalue weighted by Gasteiger charge is -2.30. The van der Waals surface area contributed by atoms with Gasteiger partial charge in [-0.15, -0.1) is 0 Å². The van der Waals surface area contributed by atoms with E-state index in [1.807, 2.05) is 65.6 Å². The summed E-state index contributed by atoms with van der Waals surface area (Å²) in [6, 6.07) is 19.5.